The Balaban J connectivity index is 2.32. The van der Waals surface area contributed by atoms with Crippen molar-refractivity contribution in [1.29, 1.82) is 0 Å². The molecule has 0 atom stereocenters. The standard InChI is InChI=1S/C12H10F3O/c1-2-8-3-6-11(16-12(13,14)15)10(7-8)9-4-5-9/h3,6-7,9H,1,4-5H2. The highest BCUT2D eigenvalue weighted by Crippen LogP contribution is 2.45. The maximum absolute atomic E-state index is 12.1. The highest BCUT2D eigenvalue weighted by Gasteiger charge is 2.35. The summed E-state index contributed by atoms with van der Waals surface area (Å²) in [4.78, 5) is 0. The summed E-state index contributed by atoms with van der Waals surface area (Å²) in [7, 11) is 0. The lowest BCUT2D eigenvalue weighted by Gasteiger charge is -2.13. The summed E-state index contributed by atoms with van der Waals surface area (Å²) < 4.78 is 40.4. The van der Waals surface area contributed by atoms with Gasteiger partial charge < -0.3 is 4.74 Å². The molecule has 2 rings (SSSR count). The smallest absolute Gasteiger partial charge is 0.405 e. The van der Waals surface area contributed by atoms with Crippen molar-refractivity contribution in [3.05, 3.63) is 42.0 Å². The van der Waals surface area contributed by atoms with Gasteiger partial charge in [-0.05, 0) is 48.1 Å². The first kappa shape index (κ1) is 11.0. The number of alkyl halides is 3. The summed E-state index contributed by atoms with van der Waals surface area (Å²) in [6.45, 7) is 3.47. The Morgan fingerprint density at radius 1 is 1.31 bits per heavy atom. The first-order chi connectivity index (χ1) is 7.49. The normalized spacial score (nSPS) is 15.9. The summed E-state index contributed by atoms with van der Waals surface area (Å²) in [5, 5.41) is 0. The van der Waals surface area contributed by atoms with Gasteiger partial charge in [0.05, 0.1) is 0 Å². The second-order valence-corrected chi connectivity index (χ2v) is 3.75. The first-order valence-electron chi connectivity index (χ1n) is 4.92. The molecule has 0 amide bonds. The topological polar surface area (TPSA) is 9.23 Å². The van der Waals surface area contributed by atoms with Crippen LogP contribution in [0.25, 0.3) is 0 Å². The number of hydrogen-bond acceptors (Lipinski definition) is 1. The van der Waals surface area contributed by atoms with Gasteiger partial charge in [0.1, 0.15) is 5.75 Å². The second-order valence-electron chi connectivity index (χ2n) is 3.75. The zero-order chi connectivity index (χ0) is 11.8. The fourth-order valence-electron chi connectivity index (χ4n) is 1.59. The van der Waals surface area contributed by atoms with Crippen molar-refractivity contribution in [2.75, 3.05) is 0 Å². The van der Waals surface area contributed by atoms with Crippen LogP contribution in [0.3, 0.4) is 0 Å². The van der Waals surface area contributed by atoms with Crippen molar-refractivity contribution >= 4 is 0 Å². The van der Waals surface area contributed by atoms with Gasteiger partial charge in [-0.15, -0.1) is 13.2 Å². The van der Waals surface area contributed by atoms with E-state index in [9.17, 15) is 13.2 Å². The quantitative estimate of drug-likeness (QED) is 0.763. The summed E-state index contributed by atoms with van der Waals surface area (Å²) >= 11 is 0. The molecule has 0 bridgehead atoms. The minimum absolute atomic E-state index is 0.103. The SMILES string of the molecule is C=[C]c1ccc(OC(F)(F)F)c(C2CC2)c1. The Morgan fingerprint density at radius 2 is 2.00 bits per heavy atom. The molecule has 0 aromatic heterocycles. The zero-order valence-corrected chi connectivity index (χ0v) is 8.47. The molecule has 1 nitrogen and oxygen atoms in total. The molecule has 1 saturated carbocycles. The van der Waals surface area contributed by atoms with Crippen LogP contribution >= 0.6 is 0 Å². The Hall–Kier alpha value is -1.45. The van der Waals surface area contributed by atoms with E-state index in [0.29, 0.717) is 11.1 Å². The number of ether oxygens (including phenoxy) is 1. The lowest BCUT2D eigenvalue weighted by Crippen LogP contribution is -2.18. The average molecular weight is 227 g/mol. The zero-order valence-electron chi connectivity index (χ0n) is 8.47. The van der Waals surface area contributed by atoms with E-state index in [1.807, 2.05) is 0 Å². The van der Waals surface area contributed by atoms with E-state index in [1.165, 1.54) is 12.1 Å². The Labute approximate surface area is 91.5 Å². The first-order valence-corrected chi connectivity index (χ1v) is 4.92. The van der Waals surface area contributed by atoms with Crippen molar-refractivity contribution < 1.29 is 17.9 Å². The molecule has 0 heterocycles. The van der Waals surface area contributed by atoms with Gasteiger partial charge in [-0.2, -0.15) is 0 Å². The molecule has 85 valence electrons. The van der Waals surface area contributed by atoms with Crippen LogP contribution in [0, 0.1) is 6.08 Å². The lowest BCUT2D eigenvalue weighted by atomic mass is 10.1. The van der Waals surface area contributed by atoms with Crippen LogP contribution in [0.15, 0.2) is 24.8 Å². The van der Waals surface area contributed by atoms with Crippen LogP contribution in [0.4, 0.5) is 13.2 Å². The minimum atomic E-state index is -4.64. The van der Waals surface area contributed by atoms with E-state index >= 15 is 0 Å². The third-order valence-electron chi connectivity index (χ3n) is 2.46. The van der Waals surface area contributed by atoms with Crippen molar-refractivity contribution in [2.45, 2.75) is 25.1 Å². The number of halogens is 3. The number of rotatable bonds is 3. The van der Waals surface area contributed by atoms with Crippen molar-refractivity contribution in [3.8, 4) is 5.75 Å². The molecule has 0 saturated heterocycles. The number of benzene rings is 1. The average Bonchev–Trinajstić information content (AvgIpc) is 2.99. The molecule has 0 aliphatic heterocycles. The monoisotopic (exact) mass is 227 g/mol. The van der Waals surface area contributed by atoms with Gasteiger partial charge in [-0.25, -0.2) is 0 Å². The highest BCUT2D eigenvalue weighted by atomic mass is 19.4. The molecule has 1 aromatic rings. The summed E-state index contributed by atoms with van der Waals surface area (Å²) in [6, 6.07) is 4.50. The molecule has 0 N–H and O–H groups in total. The van der Waals surface area contributed by atoms with E-state index in [4.69, 9.17) is 0 Å². The van der Waals surface area contributed by atoms with Crippen LogP contribution in [0.1, 0.15) is 29.9 Å². The van der Waals surface area contributed by atoms with E-state index < -0.39 is 6.36 Å². The molecule has 0 unspecified atom stereocenters. The van der Waals surface area contributed by atoms with Crippen molar-refractivity contribution in [3.63, 3.8) is 0 Å². The molecule has 1 aliphatic carbocycles. The second kappa shape index (κ2) is 3.85. The molecule has 16 heavy (non-hydrogen) atoms. The van der Waals surface area contributed by atoms with Gasteiger partial charge in [0.25, 0.3) is 0 Å². The van der Waals surface area contributed by atoms with Gasteiger partial charge in [0.2, 0.25) is 0 Å². The molecule has 0 spiro atoms. The van der Waals surface area contributed by atoms with Crippen molar-refractivity contribution in [2.24, 2.45) is 0 Å². The minimum Gasteiger partial charge on any atom is -0.405 e. The van der Waals surface area contributed by atoms with Gasteiger partial charge in [0, 0.05) is 0 Å². The fourth-order valence-corrected chi connectivity index (χ4v) is 1.59. The molecule has 1 fully saturated rings. The lowest BCUT2D eigenvalue weighted by molar-refractivity contribution is -0.274. The van der Waals surface area contributed by atoms with E-state index in [-0.39, 0.29) is 11.7 Å². The van der Waals surface area contributed by atoms with Crippen LogP contribution < -0.4 is 4.74 Å². The third-order valence-corrected chi connectivity index (χ3v) is 2.46. The Morgan fingerprint density at radius 3 is 2.50 bits per heavy atom. The largest absolute Gasteiger partial charge is 0.573 e. The fraction of sp³-hybridized carbons (Fsp3) is 0.333. The van der Waals surface area contributed by atoms with Crippen LogP contribution in [0.5, 0.6) is 5.75 Å². The third kappa shape index (κ3) is 2.56. The summed E-state index contributed by atoms with van der Waals surface area (Å²) in [5.41, 5.74) is 1.29. The van der Waals surface area contributed by atoms with Crippen LogP contribution in [-0.4, -0.2) is 6.36 Å². The number of hydrogen-bond donors (Lipinski definition) is 0. The van der Waals surface area contributed by atoms with Crippen LogP contribution in [0.2, 0.25) is 0 Å². The highest BCUT2D eigenvalue weighted by molar-refractivity contribution is 5.43. The van der Waals surface area contributed by atoms with Gasteiger partial charge in [0.15, 0.2) is 0 Å². The summed E-state index contributed by atoms with van der Waals surface area (Å²) in [6.07, 6.45) is -0.160. The predicted octanol–water partition coefficient (Wildman–Crippen LogP) is 3.80. The Bertz CT molecular complexity index is 405. The van der Waals surface area contributed by atoms with E-state index in [1.54, 1.807) is 6.07 Å². The van der Waals surface area contributed by atoms with Gasteiger partial charge in [-0.3, -0.25) is 0 Å². The maximum atomic E-state index is 12.1. The van der Waals surface area contributed by atoms with Crippen LogP contribution in [-0.2, 0) is 0 Å². The maximum Gasteiger partial charge on any atom is 0.573 e. The molecular weight excluding hydrogens is 217 g/mol. The summed E-state index contributed by atoms with van der Waals surface area (Å²) in [5.74, 6) is 0.0830. The molecule has 1 aromatic carbocycles. The van der Waals surface area contributed by atoms with Crippen molar-refractivity contribution in [1.82, 2.24) is 0 Å². The molecular formula is C12H10F3O. The molecule has 1 aliphatic rings. The van der Waals surface area contributed by atoms with E-state index in [0.717, 1.165) is 12.8 Å². The van der Waals surface area contributed by atoms with E-state index in [2.05, 4.69) is 17.4 Å². The molecule has 4 heteroatoms. The predicted molar refractivity (Wildman–Crippen MR) is 53.1 cm³/mol. The molecule has 1 radical (unpaired) electrons. The van der Waals surface area contributed by atoms with Gasteiger partial charge >= 0.3 is 6.36 Å². The Kier molecular flexibility index (Phi) is 2.66. The van der Waals surface area contributed by atoms with Gasteiger partial charge in [-0.1, -0.05) is 12.6 Å².